The molecule has 0 aliphatic carbocycles. The molecule has 5 nitrogen and oxygen atoms in total. The Balaban J connectivity index is 2.00. The van der Waals surface area contributed by atoms with Crippen LogP contribution in [0.4, 0.5) is 10.5 Å². The number of hydrogen-bond donors (Lipinski definition) is 2. The van der Waals surface area contributed by atoms with Gasteiger partial charge in [0.25, 0.3) is 0 Å². The van der Waals surface area contributed by atoms with E-state index in [0.29, 0.717) is 13.1 Å². The number of likely N-dealkylation sites (tertiary alicyclic amines) is 1. The molecule has 1 atom stereocenters. The molecule has 3 N–H and O–H groups in total. The van der Waals surface area contributed by atoms with Crippen LogP contribution in [0.5, 0.6) is 0 Å². The lowest BCUT2D eigenvalue weighted by molar-refractivity contribution is -0.144. The smallest absolute Gasteiger partial charge is 0.321 e. The van der Waals surface area contributed by atoms with E-state index in [2.05, 4.69) is 5.32 Å². The first kappa shape index (κ1) is 9.21. The van der Waals surface area contributed by atoms with E-state index in [1.165, 1.54) is 0 Å². The van der Waals surface area contributed by atoms with Crippen molar-refractivity contribution in [3.05, 3.63) is 29.8 Å². The Bertz CT molecular complexity index is 500. The van der Waals surface area contributed by atoms with Crippen molar-refractivity contribution in [1.82, 2.24) is 4.90 Å². The van der Waals surface area contributed by atoms with Gasteiger partial charge >= 0.3 is 6.03 Å². The van der Waals surface area contributed by atoms with Gasteiger partial charge in [-0.1, -0.05) is 18.2 Å². The number of hydrogen-bond acceptors (Lipinski definition) is 3. The Hall–Kier alpha value is -2.04. The van der Waals surface area contributed by atoms with E-state index in [9.17, 15) is 9.59 Å². The van der Waals surface area contributed by atoms with Gasteiger partial charge in [-0.3, -0.25) is 9.69 Å². The van der Waals surface area contributed by atoms with Crippen molar-refractivity contribution < 1.29 is 9.59 Å². The third kappa shape index (κ3) is 0.900. The van der Waals surface area contributed by atoms with Gasteiger partial charge in [0.2, 0.25) is 5.91 Å². The lowest BCUT2D eigenvalue weighted by Crippen LogP contribution is -2.68. The average molecular weight is 217 g/mol. The minimum Gasteiger partial charge on any atom is -0.383 e. The molecule has 0 aromatic heterocycles. The number of para-hydroxylation sites is 1. The van der Waals surface area contributed by atoms with Crippen LogP contribution >= 0.6 is 0 Å². The maximum Gasteiger partial charge on any atom is 0.321 e. The van der Waals surface area contributed by atoms with E-state index >= 15 is 0 Å². The third-order valence-corrected chi connectivity index (χ3v) is 3.37. The average Bonchev–Trinajstić information content (AvgIpc) is 2.67. The highest BCUT2D eigenvalue weighted by atomic mass is 16.2. The van der Waals surface area contributed by atoms with Crippen LogP contribution in [0.3, 0.4) is 0 Å². The van der Waals surface area contributed by atoms with Gasteiger partial charge in [0, 0.05) is 12.2 Å². The zero-order valence-corrected chi connectivity index (χ0v) is 8.56. The van der Waals surface area contributed by atoms with Gasteiger partial charge in [0.1, 0.15) is 5.41 Å². The zero-order chi connectivity index (χ0) is 11.3. The van der Waals surface area contributed by atoms with E-state index in [4.69, 9.17) is 5.73 Å². The highest BCUT2D eigenvalue weighted by molar-refractivity contribution is 6.07. The molecule has 0 radical (unpaired) electrons. The largest absolute Gasteiger partial charge is 0.383 e. The van der Waals surface area contributed by atoms with E-state index in [1.54, 1.807) is 0 Å². The first-order chi connectivity index (χ1) is 7.65. The lowest BCUT2D eigenvalue weighted by Gasteiger charge is -2.44. The van der Waals surface area contributed by atoms with Crippen molar-refractivity contribution in [3.63, 3.8) is 0 Å². The van der Waals surface area contributed by atoms with Crippen LogP contribution in [0, 0.1) is 0 Å². The van der Waals surface area contributed by atoms with Gasteiger partial charge in [-0.2, -0.15) is 0 Å². The Morgan fingerprint density at radius 2 is 2.19 bits per heavy atom. The fourth-order valence-corrected chi connectivity index (χ4v) is 2.48. The summed E-state index contributed by atoms with van der Waals surface area (Å²) in [6.07, 6.45) is 0. The van der Waals surface area contributed by atoms with Gasteiger partial charge < -0.3 is 11.1 Å². The van der Waals surface area contributed by atoms with Gasteiger partial charge in [0.15, 0.2) is 0 Å². The summed E-state index contributed by atoms with van der Waals surface area (Å²) in [5.74, 6) is -0.197. The highest BCUT2D eigenvalue weighted by Crippen LogP contribution is 2.43. The van der Waals surface area contributed by atoms with Crippen LogP contribution in [0.1, 0.15) is 5.56 Å². The van der Waals surface area contributed by atoms with Crippen LogP contribution in [0.2, 0.25) is 0 Å². The molecule has 0 bridgehead atoms. The molecule has 1 spiro atoms. The van der Waals surface area contributed by atoms with Gasteiger partial charge in [0.05, 0.1) is 6.54 Å². The van der Waals surface area contributed by atoms with E-state index < -0.39 is 11.4 Å². The summed E-state index contributed by atoms with van der Waals surface area (Å²) in [6, 6.07) is 7.00. The number of carbonyl (C=O) groups is 2. The van der Waals surface area contributed by atoms with Crippen molar-refractivity contribution in [2.24, 2.45) is 5.73 Å². The van der Waals surface area contributed by atoms with Crippen LogP contribution in [-0.4, -0.2) is 29.9 Å². The Morgan fingerprint density at radius 3 is 2.88 bits per heavy atom. The number of imide groups is 1. The molecule has 3 rings (SSSR count). The van der Waals surface area contributed by atoms with Crippen LogP contribution < -0.4 is 11.1 Å². The number of β-lactam (4-membered cyclic amide) rings is 1. The normalized spacial score (nSPS) is 26.2. The maximum absolute atomic E-state index is 12.0. The summed E-state index contributed by atoms with van der Waals surface area (Å²) in [7, 11) is 0. The molecule has 1 aromatic carbocycles. The molecule has 16 heavy (non-hydrogen) atoms. The fraction of sp³-hybridized carbons (Fsp3) is 0.273. The highest BCUT2D eigenvalue weighted by Gasteiger charge is 2.58. The predicted molar refractivity (Wildman–Crippen MR) is 57.9 cm³/mol. The monoisotopic (exact) mass is 217 g/mol. The molecule has 82 valence electrons. The molecule has 2 aliphatic heterocycles. The number of rotatable bonds is 0. The third-order valence-electron chi connectivity index (χ3n) is 3.37. The van der Waals surface area contributed by atoms with E-state index in [-0.39, 0.29) is 5.91 Å². The summed E-state index contributed by atoms with van der Waals surface area (Å²) in [5, 5.41) is 3.18. The second kappa shape index (κ2) is 2.75. The van der Waals surface area contributed by atoms with Crippen molar-refractivity contribution in [2.75, 3.05) is 18.4 Å². The van der Waals surface area contributed by atoms with Crippen molar-refractivity contribution in [2.45, 2.75) is 5.41 Å². The number of amides is 3. The summed E-state index contributed by atoms with van der Waals surface area (Å²) >= 11 is 0. The zero-order valence-electron chi connectivity index (χ0n) is 8.56. The number of benzene rings is 1. The van der Waals surface area contributed by atoms with Crippen LogP contribution in [0.25, 0.3) is 0 Å². The molecule has 1 saturated heterocycles. The van der Waals surface area contributed by atoms with Gasteiger partial charge in [-0.15, -0.1) is 0 Å². The molecule has 2 aliphatic rings. The first-order valence-corrected chi connectivity index (χ1v) is 5.10. The molecule has 1 fully saturated rings. The lowest BCUT2D eigenvalue weighted by atomic mass is 9.74. The van der Waals surface area contributed by atoms with Gasteiger partial charge in [-0.05, 0) is 11.6 Å². The van der Waals surface area contributed by atoms with Crippen molar-refractivity contribution in [3.8, 4) is 0 Å². The Morgan fingerprint density at radius 1 is 1.44 bits per heavy atom. The predicted octanol–water partition coefficient (Wildman–Crippen LogP) is 0.271. The molecule has 3 amide bonds. The molecule has 2 heterocycles. The van der Waals surface area contributed by atoms with Crippen molar-refractivity contribution >= 4 is 17.6 Å². The van der Waals surface area contributed by atoms with Crippen LogP contribution in [0.15, 0.2) is 24.3 Å². The quantitative estimate of drug-likeness (QED) is 0.612. The number of nitrogens with zero attached hydrogens (tertiary/aromatic N) is 1. The summed E-state index contributed by atoms with van der Waals surface area (Å²) in [4.78, 5) is 24.0. The van der Waals surface area contributed by atoms with Crippen molar-refractivity contribution in [1.29, 1.82) is 0 Å². The SMILES string of the molecule is NC(=O)N1CC2(CNc3ccccc32)C1=O. The number of nitrogens with two attached hydrogens (primary N) is 1. The minimum atomic E-state index is -0.667. The number of carbonyl (C=O) groups excluding carboxylic acids is 2. The molecule has 1 unspecified atom stereocenters. The number of anilines is 1. The number of nitrogens with one attached hydrogen (secondary N) is 1. The van der Waals surface area contributed by atoms with E-state index in [0.717, 1.165) is 16.2 Å². The maximum atomic E-state index is 12.0. The molecule has 5 heteroatoms. The van der Waals surface area contributed by atoms with Gasteiger partial charge in [-0.25, -0.2) is 4.79 Å². The molecule has 0 saturated carbocycles. The van der Waals surface area contributed by atoms with E-state index in [1.807, 2.05) is 24.3 Å². The topological polar surface area (TPSA) is 75.4 Å². The van der Waals surface area contributed by atoms with Crippen LogP contribution in [-0.2, 0) is 10.2 Å². The molecular weight excluding hydrogens is 206 g/mol. The second-order valence-corrected chi connectivity index (χ2v) is 4.21. The number of primary amides is 1. The standard InChI is InChI=1S/C11H11N3O2/c12-10(16)14-6-11(9(14)15)5-13-8-4-2-1-3-7(8)11/h1-4,13H,5-6H2,(H2,12,16). The summed E-state index contributed by atoms with van der Waals surface area (Å²) < 4.78 is 0. The molecular formula is C11H11N3O2. The number of urea groups is 1. The fourth-order valence-electron chi connectivity index (χ4n) is 2.48. The molecule has 1 aromatic rings. The Labute approximate surface area is 92.2 Å². The summed E-state index contributed by atoms with van der Waals surface area (Å²) in [6.45, 7) is 0.931. The Kier molecular flexibility index (Phi) is 1.58. The number of fused-ring (bicyclic) bond motifs is 2. The minimum absolute atomic E-state index is 0.197. The summed E-state index contributed by atoms with van der Waals surface area (Å²) in [5.41, 5.74) is 6.48. The second-order valence-electron chi connectivity index (χ2n) is 4.21. The first-order valence-electron chi connectivity index (χ1n) is 5.10.